The third-order valence-electron chi connectivity index (χ3n) is 4.49. The van der Waals surface area contributed by atoms with E-state index in [1.54, 1.807) is 12.4 Å². The second-order valence-electron chi connectivity index (χ2n) is 6.33. The quantitative estimate of drug-likeness (QED) is 0.871. The predicted octanol–water partition coefficient (Wildman–Crippen LogP) is 3.27. The minimum Gasteiger partial charge on any atom is -0.337 e. The van der Waals surface area contributed by atoms with Gasteiger partial charge in [0.15, 0.2) is 0 Å². The number of piperidine rings is 1. The molecule has 3 rings (SSSR count). The van der Waals surface area contributed by atoms with Crippen LogP contribution in [-0.4, -0.2) is 33.9 Å². The van der Waals surface area contributed by atoms with Crippen molar-refractivity contribution in [1.82, 2.24) is 14.9 Å². The summed E-state index contributed by atoms with van der Waals surface area (Å²) < 4.78 is 0. The first kappa shape index (κ1) is 15.7. The fraction of sp³-hybridized carbons (Fsp3) is 0.421. The molecular formula is C19H23N3O. The van der Waals surface area contributed by atoms with E-state index in [-0.39, 0.29) is 5.91 Å². The molecule has 4 nitrogen and oxygen atoms in total. The van der Waals surface area contributed by atoms with E-state index in [0.717, 1.165) is 38.0 Å². The van der Waals surface area contributed by atoms with Crippen LogP contribution >= 0.6 is 0 Å². The van der Waals surface area contributed by atoms with Gasteiger partial charge in [-0.05, 0) is 44.1 Å². The van der Waals surface area contributed by atoms with Gasteiger partial charge in [0.25, 0.3) is 5.91 Å². The summed E-state index contributed by atoms with van der Waals surface area (Å²) in [5.74, 6) is 0.591. The van der Waals surface area contributed by atoms with Crippen LogP contribution in [-0.2, 0) is 6.42 Å². The Morgan fingerprint density at radius 3 is 2.78 bits per heavy atom. The molecule has 1 aromatic carbocycles. The van der Waals surface area contributed by atoms with Gasteiger partial charge in [0, 0.05) is 19.3 Å². The topological polar surface area (TPSA) is 46.1 Å². The Labute approximate surface area is 137 Å². The molecule has 4 heteroatoms. The van der Waals surface area contributed by atoms with E-state index in [9.17, 15) is 4.79 Å². The van der Waals surface area contributed by atoms with Crippen molar-refractivity contribution in [3.05, 3.63) is 59.7 Å². The molecule has 1 aromatic heterocycles. The van der Waals surface area contributed by atoms with Gasteiger partial charge in [0.2, 0.25) is 0 Å². The number of likely N-dealkylation sites (tertiary alicyclic amines) is 1. The Morgan fingerprint density at radius 1 is 1.22 bits per heavy atom. The zero-order chi connectivity index (χ0) is 16.1. The second kappa shape index (κ2) is 7.36. The van der Waals surface area contributed by atoms with E-state index in [1.807, 2.05) is 17.9 Å². The highest BCUT2D eigenvalue weighted by atomic mass is 16.2. The molecule has 0 bridgehead atoms. The molecule has 0 spiro atoms. The van der Waals surface area contributed by atoms with Crippen molar-refractivity contribution in [2.24, 2.45) is 5.92 Å². The van der Waals surface area contributed by atoms with Crippen LogP contribution in [0.1, 0.15) is 41.0 Å². The van der Waals surface area contributed by atoms with Crippen molar-refractivity contribution < 1.29 is 4.79 Å². The summed E-state index contributed by atoms with van der Waals surface area (Å²) in [4.78, 5) is 22.9. The third kappa shape index (κ3) is 4.15. The first-order valence-corrected chi connectivity index (χ1v) is 8.34. The maximum Gasteiger partial charge on any atom is 0.274 e. The summed E-state index contributed by atoms with van der Waals surface area (Å²) in [5.41, 5.74) is 2.67. The van der Waals surface area contributed by atoms with Crippen LogP contribution in [0.15, 0.2) is 42.7 Å². The molecule has 0 saturated carbocycles. The number of hydrogen-bond acceptors (Lipinski definition) is 3. The molecule has 120 valence electrons. The molecule has 1 aliphatic rings. The maximum atomic E-state index is 12.6. The second-order valence-corrected chi connectivity index (χ2v) is 6.33. The van der Waals surface area contributed by atoms with Crippen molar-refractivity contribution in [3.63, 3.8) is 0 Å². The molecule has 23 heavy (non-hydrogen) atoms. The number of carbonyl (C=O) groups is 1. The molecule has 0 unspecified atom stereocenters. The molecule has 0 N–H and O–H groups in total. The number of nitrogens with zero attached hydrogens (tertiary/aromatic N) is 3. The molecule has 1 atom stereocenters. The number of amides is 1. The van der Waals surface area contributed by atoms with Crippen molar-refractivity contribution >= 4 is 5.91 Å². The fourth-order valence-electron chi connectivity index (χ4n) is 3.17. The Kier molecular flexibility index (Phi) is 5.01. The van der Waals surface area contributed by atoms with Crippen LogP contribution in [0.3, 0.4) is 0 Å². The predicted molar refractivity (Wildman–Crippen MR) is 90.2 cm³/mol. The zero-order valence-corrected chi connectivity index (χ0v) is 13.6. The number of rotatable bonds is 4. The zero-order valence-electron chi connectivity index (χ0n) is 13.6. The monoisotopic (exact) mass is 309 g/mol. The van der Waals surface area contributed by atoms with Crippen LogP contribution < -0.4 is 0 Å². The lowest BCUT2D eigenvalue weighted by atomic mass is 9.91. The summed E-state index contributed by atoms with van der Waals surface area (Å²) in [6, 6.07) is 10.6. The van der Waals surface area contributed by atoms with Gasteiger partial charge in [-0.3, -0.25) is 9.78 Å². The number of aryl methyl sites for hydroxylation is 2. The van der Waals surface area contributed by atoms with Gasteiger partial charge in [-0.25, -0.2) is 4.98 Å². The van der Waals surface area contributed by atoms with Crippen LogP contribution in [0.4, 0.5) is 0 Å². The first-order valence-electron chi connectivity index (χ1n) is 8.34. The lowest BCUT2D eigenvalue weighted by Gasteiger charge is -2.32. The molecule has 0 radical (unpaired) electrons. The first-order chi connectivity index (χ1) is 11.2. The maximum absolute atomic E-state index is 12.6. The van der Waals surface area contributed by atoms with Crippen molar-refractivity contribution in [3.8, 4) is 0 Å². The minimum atomic E-state index is 0.0157. The Bertz CT molecular complexity index is 639. The van der Waals surface area contributed by atoms with Gasteiger partial charge in [0.1, 0.15) is 5.69 Å². The van der Waals surface area contributed by atoms with Crippen LogP contribution in [0.2, 0.25) is 0 Å². The molecule has 0 aliphatic carbocycles. The summed E-state index contributed by atoms with van der Waals surface area (Å²) in [5, 5.41) is 0. The van der Waals surface area contributed by atoms with Gasteiger partial charge in [-0.15, -0.1) is 0 Å². The standard InChI is InChI=1S/C19H23N3O/c1-15-12-21-18(13-20-15)19(23)22-11-5-8-17(14-22)10-9-16-6-3-2-4-7-16/h2-4,6-7,12-13,17H,5,8-11,14H2,1H3/t17-/m1/s1. The van der Waals surface area contributed by atoms with E-state index in [0.29, 0.717) is 11.6 Å². The van der Waals surface area contributed by atoms with Crippen LogP contribution in [0.5, 0.6) is 0 Å². The Hall–Kier alpha value is -2.23. The normalized spacial score (nSPS) is 18.0. The van der Waals surface area contributed by atoms with E-state index in [1.165, 1.54) is 12.0 Å². The van der Waals surface area contributed by atoms with Crippen LogP contribution in [0, 0.1) is 12.8 Å². The van der Waals surface area contributed by atoms with Crippen molar-refractivity contribution in [2.75, 3.05) is 13.1 Å². The fourth-order valence-corrected chi connectivity index (χ4v) is 3.17. The molecular weight excluding hydrogens is 286 g/mol. The third-order valence-corrected chi connectivity index (χ3v) is 4.49. The Morgan fingerprint density at radius 2 is 2.04 bits per heavy atom. The number of hydrogen-bond donors (Lipinski definition) is 0. The van der Waals surface area contributed by atoms with Crippen molar-refractivity contribution in [2.45, 2.75) is 32.6 Å². The van der Waals surface area contributed by atoms with Crippen LogP contribution in [0.25, 0.3) is 0 Å². The highest BCUT2D eigenvalue weighted by Gasteiger charge is 2.25. The Balaban J connectivity index is 1.57. The highest BCUT2D eigenvalue weighted by Crippen LogP contribution is 2.22. The number of aromatic nitrogens is 2. The van der Waals surface area contributed by atoms with Gasteiger partial charge >= 0.3 is 0 Å². The summed E-state index contributed by atoms with van der Waals surface area (Å²) in [6.07, 6.45) is 7.74. The largest absolute Gasteiger partial charge is 0.337 e. The highest BCUT2D eigenvalue weighted by molar-refractivity contribution is 5.92. The average Bonchev–Trinajstić information content (AvgIpc) is 2.61. The van der Waals surface area contributed by atoms with Gasteiger partial charge in [0.05, 0.1) is 11.9 Å². The molecule has 2 heterocycles. The van der Waals surface area contributed by atoms with E-state index >= 15 is 0 Å². The summed E-state index contributed by atoms with van der Waals surface area (Å²) in [7, 11) is 0. The lowest BCUT2D eigenvalue weighted by Crippen LogP contribution is -2.40. The van der Waals surface area contributed by atoms with Gasteiger partial charge in [-0.2, -0.15) is 0 Å². The summed E-state index contributed by atoms with van der Waals surface area (Å²) >= 11 is 0. The average molecular weight is 309 g/mol. The molecule has 1 fully saturated rings. The molecule has 1 amide bonds. The van der Waals surface area contributed by atoms with E-state index < -0.39 is 0 Å². The number of benzene rings is 1. The SMILES string of the molecule is Cc1cnc(C(=O)N2CCC[C@H](CCc3ccccc3)C2)cn1. The summed E-state index contributed by atoms with van der Waals surface area (Å²) in [6.45, 7) is 3.54. The smallest absolute Gasteiger partial charge is 0.274 e. The molecule has 2 aromatic rings. The number of carbonyl (C=O) groups excluding carboxylic acids is 1. The van der Waals surface area contributed by atoms with Gasteiger partial charge < -0.3 is 4.90 Å². The van der Waals surface area contributed by atoms with Crippen molar-refractivity contribution in [1.29, 1.82) is 0 Å². The molecule has 1 saturated heterocycles. The minimum absolute atomic E-state index is 0.0157. The van der Waals surface area contributed by atoms with Gasteiger partial charge in [-0.1, -0.05) is 30.3 Å². The lowest BCUT2D eigenvalue weighted by molar-refractivity contribution is 0.0662. The van der Waals surface area contributed by atoms with E-state index in [2.05, 4.69) is 34.2 Å². The molecule has 1 aliphatic heterocycles. The van der Waals surface area contributed by atoms with E-state index in [4.69, 9.17) is 0 Å².